The number of carbonyl (C=O) groups is 4. The lowest BCUT2D eigenvalue weighted by atomic mass is 9.79. The van der Waals surface area contributed by atoms with E-state index in [9.17, 15) is 23.6 Å². The molecule has 2 aliphatic heterocycles. The van der Waals surface area contributed by atoms with Crippen molar-refractivity contribution in [2.45, 2.75) is 82.2 Å². The first-order valence-electron chi connectivity index (χ1n) is 19.7. The summed E-state index contributed by atoms with van der Waals surface area (Å²) in [5.74, 6) is 0.111. The molecule has 3 aliphatic rings. The van der Waals surface area contributed by atoms with Crippen LogP contribution in [0, 0.1) is 5.92 Å². The van der Waals surface area contributed by atoms with E-state index < -0.39 is 36.4 Å². The SMILES string of the molecule is COC(=O)N[C@H]1CCc2ccn3c2C1C(=O)C[C@H](c1ncc(-c2ccc(-c4ccc(-c5cnc([C@@H]6C[C@@H](F)CN6C(=O)[C@@H](NC(=O)OC)C(C)C)[nH]5)cc4)cc2)[nH]1)C3. The number of nitrogens with one attached hydrogen (secondary N) is 4. The summed E-state index contributed by atoms with van der Waals surface area (Å²) in [6, 6.07) is 16.5. The normalized spacial score (nSPS) is 21.9. The number of ketones is 1. The highest BCUT2D eigenvalue weighted by molar-refractivity contribution is 5.89. The van der Waals surface area contributed by atoms with Gasteiger partial charge in [0.25, 0.3) is 0 Å². The zero-order valence-electron chi connectivity index (χ0n) is 32.8. The molecule has 14 nitrogen and oxygen atoms in total. The molecule has 1 saturated heterocycles. The van der Waals surface area contributed by atoms with Crippen molar-refractivity contribution >= 4 is 23.9 Å². The number of methoxy groups -OCH3 is 2. The Morgan fingerprint density at radius 1 is 0.845 bits per heavy atom. The van der Waals surface area contributed by atoms with Gasteiger partial charge in [0.05, 0.1) is 56.5 Å². The molecular weight excluding hydrogens is 744 g/mol. The number of aromatic nitrogens is 5. The number of Topliss-reactive ketones (excluding diaryl/α,β-unsaturated/α-hetero) is 1. The standard InChI is InChI=1S/C43H47FN8O6/c1-23(2)37(50-43(56)58-4)41(54)52-22-30(44)18-34(52)40-46-20-33(48-40)27-11-7-25(8-12-27)24-5-9-26(10-6-24)32-19-45-39(47-32)29-17-35(53)36-31(49-42(55)57-3)14-13-28-15-16-51(21-29)38(28)36/h5-12,15-16,19-20,23,29-31,34,36-37H,13-14,17-18,21-22H2,1-4H3,(H,45,47)(H,46,48)(H,49,55)(H,50,56)/t29-,30+,31-,34-,36?,37-/m0/s1. The number of halogens is 1. The van der Waals surface area contributed by atoms with Crippen molar-refractivity contribution in [1.82, 2.24) is 40.0 Å². The quantitative estimate of drug-likeness (QED) is 0.132. The lowest BCUT2D eigenvalue weighted by molar-refractivity contribution is -0.135. The van der Waals surface area contributed by atoms with Crippen LogP contribution in [0.5, 0.6) is 0 Å². The number of hydrogen-bond acceptors (Lipinski definition) is 8. The van der Waals surface area contributed by atoms with Crippen LogP contribution < -0.4 is 10.6 Å². The minimum atomic E-state index is -1.22. The third-order valence-corrected chi connectivity index (χ3v) is 11.8. The van der Waals surface area contributed by atoms with Crippen molar-refractivity contribution in [3.63, 3.8) is 0 Å². The summed E-state index contributed by atoms with van der Waals surface area (Å²) < 4.78 is 26.5. The molecule has 0 radical (unpaired) electrons. The van der Waals surface area contributed by atoms with Crippen LogP contribution in [0.15, 0.2) is 73.2 Å². The highest BCUT2D eigenvalue weighted by Crippen LogP contribution is 2.40. The van der Waals surface area contributed by atoms with Crippen molar-refractivity contribution < 1.29 is 33.0 Å². The average Bonchev–Trinajstić information content (AvgIpc) is 4.05. The number of alkyl halides is 1. The second-order valence-corrected chi connectivity index (χ2v) is 15.7. The lowest BCUT2D eigenvalue weighted by Crippen LogP contribution is -2.51. The van der Waals surface area contributed by atoms with Gasteiger partial charge in [0.15, 0.2) is 0 Å². The molecule has 1 aliphatic carbocycles. The maximum atomic E-state index is 14.8. The van der Waals surface area contributed by atoms with Crippen molar-refractivity contribution in [2.75, 3.05) is 20.8 Å². The van der Waals surface area contributed by atoms with E-state index in [1.54, 1.807) is 6.20 Å². The van der Waals surface area contributed by atoms with Crippen LogP contribution in [0.2, 0.25) is 0 Å². The number of alkyl carbamates (subject to hydrolysis) is 2. The highest BCUT2D eigenvalue weighted by Gasteiger charge is 2.43. The van der Waals surface area contributed by atoms with E-state index in [0.717, 1.165) is 57.1 Å². The number of aryl methyl sites for hydroxylation is 1. The summed E-state index contributed by atoms with van der Waals surface area (Å²) in [6.07, 6.45) is 4.93. The van der Waals surface area contributed by atoms with E-state index in [1.165, 1.54) is 19.1 Å². The molecule has 1 fully saturated rings. The van der Waals surface area contributed by atoms with Gasteiger partial charge in [-0.2, -0.15) is 0 Å². The number of H-pyrrole nitrogens is 2. The molecule has 302 valence electrons. The van der Waals surface area contributed by atoms with Crippen LogP contribution in [0.1, 0.15) is 73.9 Å². The van der Waals surface area contributed by atoms with E-state index in [1.807, 2.05) is 62.6 Å². The van der Waals surface area contributed by atoms with Gasteiger partial charge in [-0.1, -0.05) is 62.4 Å². The van der Waals surface area contributed by atoms with Crippen LogP contribution in [0.4, 0.5) is 14.0 Å². The molecule has 4 N–H and O–H groups in total. The van der Waals surface area contributed by atoms with E-state index in [2.05, 4.69) is 48.4 Å². The number of benzene rings is 2. The fourth-order valence-corrected chi connectivity index (χ4v) is 8.74. The molecule has 6 atom stereocenters. The van der Waals surface area contributed by atoms with E-state index in [4.69, 9.17) is 14.5 Å². The van der Waals surface area contributed by atoms with Gasteiger partial charge in [-0.25, -0.2) is 23.9 Å². The second-order valence-electron chi connectivity index (χ2n) is 15.7. The number of rotatable bonds is 9. The maximum Gasteiger partial charge on any atom is 0.407 e. The van der Waals surface area contributed by atoms with Gasteiger partial charge in [0.2, 0.25) is 5.91 Å². The van der Waals surface area contributed by atoms with Gasteiger partial charge in [0.1, 0.15) is 29.6 Å². The maximum absolute atomic E-state index is 14.8. The molecule has 0 spiro atoms. The van der Waals surface area contributed by atoms with Crippen LogP contribution in [-0.4, -0.2) is 92.3 Å². The molecule has 3 amide bonds. The molecule has 5 aromatic rings. The number of amides is 3. The number of nitrogens with zero attached hydrogens (tertiary/aromatic N) is 4. The van der Waals surface area contributed by atoms with E-state index in [-0.39, 0.29) is 42.5 Å². The first-order chi connectivity index (χ1) is 28.0. The van der Waals surface area contributed by atoms with Gasteiger partial charge in [-0.3, -0.25) is 9.59 Å². The molecule has 0 saturated carbocycles. The smallest absolute Gasteiger partial charge is 0.407 e. The first kappa shape index (κ1) is 38.6. The molecular formula is C43H47FN8O6. The molecule has 3 aromatic heterocycles. The minimum absolute atomic E-state index is 0.0830. The Morgan fingerprint density at radius 3 is 2.07 bits per heavy atom. The summed E-state index contributed by atoms with van der Waals surface area (Å²) >= 11 is 0. The summed E-state index contributed by atoms with van der Waals surface area (Å²) in [5.41, 5.74) is 7.60. The Kier molecular flexibility index (Phi) is 10.6. The van der Waals surface area contributed by atoms with E-state index >= 15 is 0 Å². The zero-order chi connectivity index (χ0) is 40.7. The summed E-state index contributed by atoms with van der Waals surface area (Å²) in [5, 5.41) is 5.49. The Labute approximate surface area is 334 Å². The Hall–Kier alpha value is -6.25. The van der Waals surface area contributed by atoms with Gasteiger partial charge < -0.3 is 39.5 Å². The number of ether oxygens (including phenoxy) is 2. The van der Waals surface area contributed by atoms with Crippen LogP contribution >= 0.6 is 0 Å². The molecule has 8 rings (SSSR count). The molecule has 58 heavy (non-hydrogen) atoms. The van der Waals surface area contributed by atoms with Gasteiger partial charge in [-0.15, -0.1) is 0 Å². The third kappa shape index (κ3) is 7.48. The molecule has 15 heteroatoms. The number of imidazole rings is 2. The van der Waals surface area contributed by atoms with Crippen molar-refractivity contribution in [1.29, 1.82) is 0 Å². The zero-order valence-corrected chi connectivity index (χ0v) is 32.8. The lowest BCUT2D eigenvalue weighted by Gasteiger charge is -2.31. The largest absolute Gasteiger partial charge is 0.453 e. The minimum Gasteiger partial charge on any atom is -0.453 e. The Bertz CT molecular complexity index is 2310. The van der Waals surface area contributed by atoms with Crippen LogP contribution in [-0.2, 0) is 32.0 Å². The molecule has 2 aromatic carbocycles. The van der Waals surface area contributed by atoms with Crippen molar-refractivity contribution in [3.05, 3.63) is 96.1 Å². The van der Waals surface area contributed by atoms with Gasteiger partial charge >= 0.3 is 12.2 Å². The van der Waals surface area contributed by atoms with Gasteiger partial charge in [-0.05, 0) is 52.6 Å². The summed E-state index contributed by atoms with van der Waals surface area (Å²) in [7, 11) is 2.56. The van der Waals surface area contributed by atoms with E-state index in [0.29, 0.717) is 25.2 Å². The van der Waals surface area contributed by atoms with Gasteiger partial charge in [0, 0.05) is 43.2 Å². The molecule has 1 unspecified atom stereocenters. The predicted octanol–water partition coefficient (Wildman–Crippen LogP) is 6.44. The number of hydrogen-bond donors (Lipinski definition) is 4. The number of carbonyl (C=O) groups excluding carboxylic acids is 4. The molecule has 0 bridgehead atoms. The summed E-state index contributed by atoms with van der Waals surface area (Å²) in [4.78, 5) is 68.9. The van der Waals surface area contributed by atoms with Crippen LogP contribution in [0.25, 0.3) is 33.6 Å². The topological polar surface area (TPSA) is 176 Å². The average molecular weight is 791 g/mol. The Balaban J connectivity index is 0.936. The monoisotopic (exact) mass is 790 g/mol. The second kappa shape index (κ2) is 15.9. The fraction of sp³-hybridized carbons (Fsp3) is 0.395. The van der Waals surface area contributed by atoms with Crippen molar-refractivity contribution in [2.24, 2.45) is 5.92 Å². The Morgan fingerprint density at radius 2 is 1.45 bits per heavy atom. The van der Waals surface area contributed by atoms with Crippen molar-refractivity contribution in [3.8, 4) is 33.6 Å². The molecule has 5 heterocycles. The summed E-state index contributed by atoms with van der Waals surface area (Å²) in [6.45, 7) is 4.14. The van der Waals surface area contributed by atoms with Crippen LogP contribution in [0.3, 0.4) is 0 Å². The number of likely N-dealkylation sites (tertiary alicyclic amines) is 1. The predicted molar refractivity (Wildman–Crippen MR) is 212 cm³/mol. The number of aromatic amines is 2. The third-order valence-electron chi connectivity index (χ3n) is 11.8. The highest BCUT2D eigenvalue weighted by atomic mass is 19.1. The first-order valence-corrected chi connectivity index (χ1v) is 19.7. The fourth-order valence-electron chi connectivity index (χ4n) is 8.74.